The van der Waals surface area contributed by atoms with Crippen molar-refractivity contribution in [2.45, 2.75) is 38.1 Å². The molecule has 2 saturated heterocycles. The number of aryl methyl sites for hydroxylation is 1. The maximum absolute atomic E-state index is 12.8. The van der Waals surface area contributed by atoms with Crippen LogP contribution in [0.5, 0.6) is 0 Å². The number of piperidine rings is 1. The molecule has 2 aromatic rings. The third-order valence-electron chi connectivity index (χ3n) is 5.92. The van der Waals surface area contributed by atoms with Crippen molar-refractivity contribution in [3.8, 4) is 0 Å². The molecule has 31 heavy (non-hydrogen) atoms. The highest BCUT2D eigenvalue weighted by Crippen LogP contribution is 2.35. The van der Waals surface area contributed by atoms with E-state index < -0.39 is 23.4 Å². The zero-order chi connectivity index (χ0) is 22.2. The van der Waals surface area contributed by atoms with Gasteiger partial charge in [0.2, 0.25) is 0 Å². The smallest absolute Gasteiger partial charge is 0.416 e. The summed E-state index contributed by atoms with van der Waals surface area (Å²) >= 11 is 0. The number of halogens is 3. The molecule has 0 unspecified atom stereocenters. The molecular formula is C23H23F3N2O3. The van der Waals surface area contributed by atoms with Crippen molar-refractivity contribution in [3.05, 3.63) is 70.8 Å². The van der Waals surface area contributed by atoms with Gasteiger partial charge in [0, 0.05) is 38.0 Å². The number of carbonyl (C=O) groups is 2. The Labute approximate surface area is 178 Å². The van der Waals surface area contributed by atoms with Crippen molar-refractivity contribution in [1.29, 1.82) is 0 Å². The lowest BCUT2D eigenvalue weighted by Crippen LogP contribution is -2.48. The number of benzene rings is 2. The second-order valence-electron chi connectivity index (χ2n) is 8.26. The first-order chi connectivity index (χ1) is 14.7. The molecule has 0 radical (unpaired) electrons. The third kappa shape index (κ3) is 4.52. The van der Waals surface area contributed by atoms with Gasteiger partial charge in [-0.25, -0.2) is 4.79 Å². The summed E-state index contributed by atoms with van der Waals surface area (Å²) in [6.07, 6.45) is -3.81. The monoisotopic (exact) mass is 432 g/mol. The first kappa shape index (κ1) is 21.2. The molecule has 5 nitrogen and oxygen atoms in total. The largest absolute Gasteiger partial charge is 0.441 e. The first-order valence-electron chi connectivity index (χ1n) is 10.2. The van der Waals surface area contributed by atoms with E-state index in [4.69, 9.17) is 4.74 Å². The van der Waals surface area contributed by atoms with E-state index in [1.807, 2.05) is 25.1 Å². The highest BCUT2D eigenvalue weighted by atomic mass is 19.4. The number of ether oxygens (including phenoxy) is 1. The standard InChI is InChI=1S/C23H23F3N2O3/c1-16-3-2-4-18(13-16)20(29)27-11-9-22(10-12-27)15-28(21(30)31-22)14-17-5-7-19(8-6-17)23(24,25)26/h2-8,13H,9-12,14-15H2,1H3. The van der Waals surface area contributed by atoms with Gasteiger partial charge in [-0.2, -0.15) is 13.2 Å². The molecule has 8 heteroatoms. The Hall–Kier alpha value is -3.03. The van der Waals surface area contributed by atoms with Gasteiger partial charge in [0.1, 0.15) is 5.60 Å². The fourth-order valence-corrected chi connectivity index (χ4v) is 4.17. The minimum atomic E-state index is -4.39. The van der Waals surface area contributed by atoms with E-state index in [0.29, 0.717) is 43.6 Å². The second-order valence-corrected chi connectivity index (χ2v) is 8.26. The Morgan fingerprint density at radius 3 is 2.39 bits per heavy atom. The van der Waals surface area contributed by atoms with E-state index >= 15 is 0 Å². The molecule has 164 valence electrons. The Morgan fingerprint density at radius 2 is 1.77 bits per heavy atom. The number of carbonyl (C=O) groups excluding carboxylic acids is 2. The van der Waals surface area contributed by atoms with E-state index in [9.17, 15) is 22.8 Å². The second kappa shape index (κ2) is 7.90. The van der Waals surface area contributed by atoms with Gasteiger partial charge in [0.25, 0.3) is 5.91 Å². The Bertz CT molecular complexity index is 980. The quantitative estimate of drug-likeness (QED) is 0.710. The van der Waals surface area contributed by atoms with E-state index in [1.54, 1.807) is 11.0 Å². The average molecular weight is 432 g/mol. The molecule has 0 atom stereocenters. The summed E-state index contributed by atoms with van der Waals surface area (Å²) in [5, 5.41) is 0. The number of likely N-dealkylation sites (tertiary alicyclic amines) is 1. The van der Waals surface area contributed by atoms with Gasteiger partial charge in [-0.1, -0.05) is 29.8 Å². The minimum absolute atomic E-state index is 0.0375. The van der Waals surface area contributed by atoms with Crippen LogP contribution in [0.1, 0.15) is 39.9 Å². The molecule has 2 aromatic carbocycles. The fourth-order valence-electron chi connectivity index (χ4n) is 4.17. The molecule has 4 rings (SSSR count). The molecule has 0 aromatic heterocycles. The van der Waals surface area contributed by atoms with Crippen molar-refractivity contribution < 1.29 is 27.5 Å². The van der Waals surface area contributed by atoms with Gasteiger partial charge in [0.15, 0.2) is 0 Å². The van der Waals surface area contributed by atoms with Gasteiger partial charge < -0.3 is 9.64 Å². The summed E-state index contributed by atoms with van der Waals surface area (Å²) in [6, 6.07) is 12.2. The summed E-state index contributed by atoms with van der Waals surface area (Å²) in [6.45, 7) is 3.44. The summed E-state index contributed by atoms with van der Waals surface area (Å²) < 4.78 is 43.9. The summed E-state index contributed by atoms with van der Waals surface area (Å²) in [4.78, 5) is 28.4. The van der Waals surface area contributed by atoms with Crippen LogP contribution in [0.2, 0.25) is 0 Å². The van der Waals surface area contributed by atoms with Crippen LogP contribution in [0.25, 0.3) is 0 Å². The van der Waals surface area contributed by atoms with Crippen molar-refractivity contribution >= 4 is 12.0 Å². The molecular weight excluding hydrogens is 409 g/mol. The predicted octanol–water partition coefficient (Wildman–Crippen LogP) is 4.64. The lowest BCUT2D eigenvalue weighted by Gasteiger charge is -2.37. The maximum atomic E-state index is 12.8. The lowest BCUT2D eigenvalue weighted by atomic mass is 9.91. The Balaban J connectivity index is 1.36. The van der Waals surface area contributed by atoms with Crippen molar-refractivity contribution in [2.75, 3.05) is 19.6 Å². The molecule has 2 aliphatic rings. The topological polar surface area (TPSA) is 49.9 Å². The summed E-state index contributed by atoms with van der Waals surface area (Å²) in [5.74, 6) is -0.0375. The van der Waals surface area contributed by atoms with E-state index in [1.165, 1.54) is 17.0 Å². The molecule has 0 N–H and O–H groups in total. The number of hydrogen-bond donors (Lipinski definition) is 0. The fraction of sp³-hybridized carbons (Fsp3) is 0.391. The lowest BCUT2D eigenvalue weighted by molar-refractivity contribution is -0.137. The normalized spacial score (nSPS) is 18.4. The van der Waals surface area contributed by atoms with Crippen molar-refractivity contribution in [3.63, 3.8) is 0 Å². The highest BCUT2D eigenvalue weighted by molar-refractivity contribution is 5.94. The van der Waals surface area contributed by atoms with Crippen LogP contribution in [0.15, 0.2) is 48.5 Å². The Kier molecular flexibility index (Phi) is 5.41. The predicted molar refractivity (Wildman–Crippen MR) is 107 cm³/mol. The van der Waals surface area contributed by atoms with Gasteiger partial charge in [0.05, 0.1) is 12.1 Å². The van der Waals surface area contributed by atoms with Crippen LogP contribution in [-0.4, -0.2) is 47.0 Å². The molecule has 2 amide bonds. The van der Waals surface area contributed by atoms with E-state index in [0.717, 1.165) is 17.7 Å². The third-order valence-corrected chi connectivity index (χ3v) is 5.92. The Morgan fingerprint density at radius 1 is 1.10 bits per heavy atom. The van der Waals surface area contributed by atoms with Crippen LogP contribution in [0.4, 0.5) is 18.0 Å². The van der Waals surface area contributed by atoms with Gasteiger partial charge in [-0.3, -0.25) is 9.69 Å². The maximum Gasteiger partial charge on any atom is 0.416 e. The van der Waals surface area contributed by atoms with Gasteiger partial charge in [-0.05, 0) is 36.8 Å². The van der Waals surface area contributed by atoms with Crippen LogP contribution in [0, 0.1) is 6.92 Å². The minimum Gasteiger partial charge on any atom is -0.441 e. The van der Waals surface area contributed by atoms with Crippen molar-refractivity contribution in [1.82, 2.24) is 9.80 Å². The molecule has 0 aliphatic carbocycles. The van der Waals surface area contributed by atoms with E-state index in [-0.39, 0.29) is 12.5 Å². The molecule has 0 saturated carbocycles. The summed E-state index contributed by atoms with van der Waals surface area (Å²) in [5.41, 5.74) is 0.884. The molecule has 1 spiro atoms. The van der Waals surface area contributed by atoms with Gasteiger partial charge >= 0.3 is 12.3 Å². The molecule has 0 bridgehead atoms. The number of hydrogen-bond acceptors (Lipinski definition) is 3. The van der Waals surface area contributed by atoms with Crippen LogP contribution >= 0.6 is 0 Å². The average Bonchev–Trinajstić information content (AvgIpc) is 3.02. The molecule has 2 fully saturated rings. The molecule has 2 aliphatic heterocycles. The summed E-state index contributed by atoms with van der Waals surface area (Å²) in [7, 11) is 0. The number of alkyl halides is 3. The zero-order valence-corrected chi connectivity index (χ0v) is 17.1. The van der Waals surface area contributed by atoms with Crippen LogP contribution in [-0.2, 0) is 17.5 Å². The van der Waals surface area contributed by atoms with Crippen LogP contribution < -0.4 is 0 Å². The number of amides is 2. The molecule has 2 heterocycles. The number of rotatable bonds is 3. The van der Waals surface area contributed by atoms with Crippen LogP contribution in [0.3, 0.4) is 0 Å². The zero-order valence-electron chi connectivity index (χ0n) is 17.1. The SMILES string of the molecule is Cc1cccc(C(=O)N2CCC3(CC2)CN(Cc2ccc(C(F)(F)F)cc2)C(=O)O3)c1. The number of nitrogens with zero attached hydrogens (tertiary/aromatic N) is 2. The van der Waals surface area contributed by atoms with Crippen molar-refractivity contribution in [2.24, 2.45) is 0 Å². The first-order valence-corrected chi connectivity index (χ1v) is 10.2. The van der Waals surface area contributed by atoms with Gasteiger partial charge in [-0.15, -0.1) is 0 Å². The highest BCUT2D eigenvalue weighted by Gasteiger charge is 2.47. The van der Waals surface area contributed by atoms with E-state index in [2.05, 4.69) is 0 Å².